The number of nitrogens with one attached hydrogen (secondary N) is 2. The highest BCUT2D eigenvalue weighted by molar-refractivity contribution is 6.47. The van der Waals surface area contributed by atoms with E-state index in [-0.39, 0.29) is 32.8 Å². The maximum Gasteiger partial charge on any atom is 0.258 e. The minimum absolute atomic E-state index is 0.0179. The molecule has 162 valence electrons. The number of carboxylic acid groups (broad SMARTS) is 1. The number of rotatable bonds is 7. The Morgan fingerprint density at radius 3 is 2.29 bits per heavy atom. The zero-order valence-electron chi connectivity index (χ0n) is 16.3. The number of carbonyl (C=O) groups is 3. The van der Waals surface area contributed by atoms with Crippen LogP contribution in [-0.4, -0.2) is 33.7 Å². The number of nitrogens with zero attached hydrogens (tertiary/aromatic N) is 2. The monoisotopic (exact) mass is 481 g/mol. The molecule has 2 N–H and O–H groups in total. The predicted molar refractivity (Wildman–Crippen MR) is 114 cm³/mol. The second kappa shape index (κ2) is 8.82. The second-order valence-electron chi connectivity index (χ2n) is 7.33. The van der Waals surface area contributed by atoms with Crippen molar-refractivity contribution < 1.29 is 19.5 Å². The summed E-state index contributed by atoms with van der Waals surface area (Å²) in [5, 5.41) is 17.1. The molecule has 0 radical (unpaired) electrons. The van der Waals surface area contributed by atoms with E-state index < -0.39 is 23.3 Å². The standard InChI is InChI=1S/C20H17Cl3N4O4/c1-20(2)16(15(23)17(20)28)27-13(19(30)31)5-9-3-4-10(6-25-9)26-18(29)14-11(21)7-24-8-12(14)22/h3-4,6-8,13,27H,5H2,1-2H3,(H,26,29)(H,30,31)/p-1/t13-/m0/s1. The molecule has 31 heavy (non-hydrogen) atoms. The molecule has 3 rings (SSSR count). The molecule has 11 heteroatoms. The molecule has 0 unspecified atom stereocenters. The Morgan fingerprint density at radius 2 is 1.77 bits per heavy atom. The number of ketones is 1. The Morgan fingerprint density at radius 1 is 1.13 bits per heavy atom. The Hall–Kier alpha value is -2.68. The lowest BCUT2D eigenvalue weighted by Gasteiger charge is -2.39. The molecule has 2 aromatic heterocycles. The van der Waals surface area contributed by atoms with Gasteiger partial charge in [0.2, 0.25) is 0 Å². The van der Waals surface area contributed by atoms with Gasteiger partial charge in [-0.2, -0.15) is 0 Å². The van der Waals surface area contributed by atoms with Crippen LogP contribution in [0.3, 0.4) is 0 Å². The van der Waals surface area contributed by atoms with E-state index >= 15 is 0 Å². The van der Waals surface area contributed by atoms with Crippen molar-refractivity contribution in [2.45, 2.75) is 26.3 Å². The molecule has 0 fully saturated rings. The number of aliphatic carboxylic acids is 1. The predicted octanol–water partition coefficient (Wildman–Crippen LogP) is 2.35. The molecule has 0 saturated heterocycles. The highest BCUT2D eigenvalue weighted by Crippen LogP contribution is 2.42. The highest BCUT2D eigenvalue weighted by Gasteiger charge is 2.46. The van der Waals surface area contributed by atoms with Crippen molar-refractivity contribution in [1.29, 1.82) is 0 Å². The number of carbonyl (C=O) groups excluding carboxylic acids is 3. The van der Waals surface area contributed by atoms with Crippen LogP contribution in [0.5, 0.6) is 0 Å². The lowest BCUT2D eigenvalue weighted by molar-refractivity contribution is -0.308. The summed E-state index contributed by atoms with van der Waals surface area (Å²) in [5.74, 6) is -2.17. The van der Waals surface area contributed by atoms with Crippen LogP contribution in [0, 0.1) is 5.41 Å². The average Bonchev–Trinajstić information content (AvgIpc) is 2.71. The van der Waals surface area contributed by atoms with Crippen molar-refractivity contribution in [3.8, 4) is 0 Å². The molecular weight excluding hydrogens is 467 g/mol. The number of allylic oxidation sites excluding steroid dienone is 2. The van der Waals surface area contributed by atoms with Gasteiger partial charge in [0.1, 0.15) is 5.03 Å². The van der Waals surface area contributed by atoms with Crippen LogP contribution in [0.15, 0.2) is 41.5 Å². The fraction of sp³-hybridized carbons (Fsp3) is 0.250. The molecular formula is C20H16Cl3N4O4-. The summed E-state index contributed by atoms with van der Waals surface area (Å²) in [6.45, 7) is 3.29. The van der Waals surface area contributed by atoms with Gasteiger partial charge in [0.05, 0.1) is 44.9 Å². The van der Waals surface area contributed by atoms with Crippen LogP contribution >= 0.6 is 34.8 Å². The molecule has 0 aliphatic heterocycles. The Kier molecular flexibility index (Phi) is 6.54. The van der Waals surface area contributed by atoms with E-state index in [1.54, 1.807) is 26.0 Å². The number of pyridine rings is 2. The minimum Gasteiger partial charge on any atom is -0.548 e. The lowest BCUT2D eigenvalue weighted by Crippen LogP contribution is -2.53. The van der Waals surface area contributed by atoms with E-state index in [1.165, 1.54) is 18.6 Å². The lowest BCUT2D eigenvalue weighted by atomic mass is 9.74. The van der Waals surface area contributed by atoms with E-state index in [9.17, 15) is 19.5 Å². The van der Waals surface area contributed by atoms with Crippen molar-refractivity contribution in [2.24, 2.45) is 5.41 Å². The first-order valence-electron chi connectivity index (χ1n) is 9.00. The van der Waals surface area contributed by atoms with E-state index in [0.717, 1.165) is 0 Å². The molecule has 0 bridgehead atoms. The van der Waals surface area contributed by atoms with Gasteiger partial charge in [-0.1, -0.05) is 34.8 Å². The highest BCUT2D eigenvalue weighted by atomic mass is 35.5. The number of amides is 1. The first-order valence-corrected chi connectivity index (χ1v) is 10.1. The fourth-order valence-electron chi connectivity index (χ4n) is 2.97. The van der Waals surface area contributed by atoms with Crippen molar-refractivity contribution in [3.63, 3.8) is 0 Å². The Bertz CT molecular complexity index is 1080. The number of hydrogen-bond acceptors (Lipinski definition) is 7. The normalized spacial score (nSPS) is 15.8. The Labute approximate surface area is 192 Å². The number of Topliss-reactive ketones (excluding diaryl/α,β-unsaturated/α-hetero) is 1. The van der Waals surface area contributed by atoms with Gasteiger partial charge in [0.15, 0.2) is 5.78 Å². The number of carboxylic acids is 1. The van der Waals surface area contributed by atoms with Gasteiger partial charge >= 0.3 is 0 Å². The molecule has 2 heterocycles. The number of hydrogen-bond donors (Lipinski definition) is 2. The topological polar surface area (TPSA) is 124 Å². The third-order valence-electron chi connectivity index (χ3n) is 4.79. The van der Waals surface area contributed by atoms with Crippen LogP contribution in [0.2, 0.25) is 10.0 Å². The number of anilines is 1. The number of aromatic nitrogens is 2. The molecule has 1 atom stereocenters. The zero-order valence-corrected chi connectivity index (χ0v) is 18.6. The van der Waals surface area contributed by atoms with Crippen molar-refractivity contribution in [3.05, 3.63) is 62.8 Å². The summed E-state index contributed by atoms with van der Waals surface area (Å²) in [5.41, 5.74) is 0.309. The van der Waals surface area contributed by atoms with Gasteiger partial charge in [0.25, 0.3) is 5.91 Å². The van der Waals surface area contributed by atoms with E-state index in [4.69, 9.17) is 34.8 Å². The maximum absolute atomic E-state index is 12.4. The van der Waals surface area contributed by atoms with Crippen LogP contribution < -0.4 is 15.7 Å². The summed E-state index contributed by atoms with van der Waals surface area (Å²) in [4.78, 5) is 43.8. The largest absolute Gasteiger partial charge is 0.548 e. The van der Waals surface area contributed by atoms with Gasteiger partial charge in [-0.15, -0.1) is 0 Å². The van der Waals surface area contributed by atoms with Crippen LogP contribution in [0.4, 0.5) is 5.69 Å². The van der Waals surface area contributed by atoms with Crippen LogP contribution in [-0.2, 0) is 16.0 Å². The van der Waals surface area contributed by atoms with Gasteiger partial charge in [-0.25, -0.2) is 0 Å². The first-order chi connectivity index (χ1) is 14.5. The number of halogens is 3. The summed E-state index contributed by atoms with van der Waals surface area (Å²) in [7, 11) is 0. The summed E-state index contributed by atoms with van der Waals surface area (Å²) >= 11 is 17.9. The summed E-state index contributed by atoms with van der Waals surface area (Å²) in [6.07, 6.45) is 3.94. The SMILES string of the molecule is CC1(C)C(=O)C(Cl)=C1N[C@@H](Cc1ccc(NC(=O)c2c(Cl)cncc2Cl)cn1)C(=O)[O-]. The first kappa shape index (κ1) is 23.0. The van der Waals surface area contributed by atoms with E-state index in [0.29, 0.717) is 17.1 Å². The van der Waals surface area contributed by atoms with Gasteiger partial charge in [0, 0.05) is 30.2 Å². The van der Waals surface area contributed by atoms with Gasteiger partial charge in [-0.3, -0.25) is 19.6 Å². The fourth-order valence-corrected chi connectivity index (χ4v) is 4.04. The quantitative estimate of drug-likeness (QED) is 0.620. The third-order valence-corrected chi connectivity index (χ3v) is 5.72. The maximum atomic E-state index is 12.4. The molecule has 1 amide bonds. The minimum atomic E-state index is -1.37. The van der Waals surface area contributed by atoms with E-state index in [1.807, 2.05) is 0 Å². The molecule has 0 saturated carbocycles. The average molecular weight is 483 g/mol. The molecule has 0 aromatic carbocycles. The van der Waals surface area contributed by atoms with Crippen molar-refractivity contribution >= 4 is 58.1 Å². The molecule has 0 spiro atoms. The summed E-state index contributed by atoms with van der Waals surface area (Å²) in [6, 6.07) is 1.95. The van der Waals surface area contributed by atoms with E-state index in [2.05, 4.69) is 20.6 Å². The van der Waals surface area contributed by atoms with Crippen LogP contribution in [0.1, 0.15) is 29.9 Å². The van der Waals surface area contributed by atoms with Gasteiger partial charge in [-0.05, 0) is 26.0 Å². The molecule has 1 aliphatic carbocycles. The second-order valence-corrected chi connectivity index (χ2v) is 8.53. The smallest absolute Gasteiger partial charge is 0.258 e. The van der Waals surface area contributed by atoms with Crippen molar-refractivity contribution in [1.82, 2.24) is 15.3 Å². The zero-order chi connectivity index (χ0) is 22.9. The molecule has 8 nitrogen and oxygen atoms in total. The molecule has 2 aromatic rings. The van der Waals surface area contributed by atoms with Gasteiger partial charge < -0.3 is 20.5 Å². The summed E-state index contributed by atoms with van der Waals surface area (Å²) < 4.78 is 0. The molecule has 1 aliphatic rings. The van der Waals surface area contributed by atoms with Crippen molar-refractivity contribution in [2.75, 3.05) is 5.32 Å². The van der Waals surface area contributed by atoms with Crippen LogP contribution in [0.25, 0.3) is 0 Å². The Balaban J connectivity index is 1.70. The third kappa shape index (κ3) is 4.66.